The molecular formula is C19H33Cl2N3O. The molecule has 1 aromatic rings. The molecule has 0 spiro atoms. The Morgan fingerprint density at radius 2 is 1.92 bits per heavy atom. The first kappa shape index (κ1) is 24.2. The molecule has 3 atom stereocenters. The summed E-state index contributed by atoms with van der Waals surface area (Å²) in [5.41, 5.74) is 6.20. The number of nitrogens with one attached hydrogen (secondary N) is 1. The minimum atomic E-state index is -1.00. The largest absolute Gasteiger partial charge is 0.352 e. The molecule has 0 radical (unpaired) electrons. The number of carbonyl (C=O) groups excluding carboxylic acids is 1. The zero-order valence-electron chi connectivity index (χ0n) is 15.7. The summed E-state index contributed by atoms with van der Waals surface area (Å²) in [6, 6.07) is 9.57. The Balaban J connectivity index is 0.00000288. The Morgan fingerprint density at radius 1 is 1.32 bits per heavy atom. The van der Waals surface area contributed by atoms with Gasteiger partial charge in [-0.15, -0.1) is 24.8 Å². The molecule has 144 valence electrons. The van der Waals surface area contributed by atoms with Crippen LogP contribution in [0.2, 0.25) is 0 Å². The molecule has 3 N–H and O–H groups in total. The quantitative estimate of drug-likeness (QED) is 0.811. The normalized spacial score (nSPS) is 25.3. The summed E-state index contributed by atoms with van der Waals surface area (Å²) in [5.74, 6) is 0.588. The summed E-state index contributed by atoms with van der Waals surface area (Å²) in [6.07, 6.45) is 4.74. The Morgan fingerprint density at radius 3 is 2.44 bits per heavy atom. The minimum absolute atomic E-state index is 0. The lowest BCUT2D eigenvalue weighted by Gasteiger charge is -2.45. The van der Waals surface area contributed by atoms with Crippen molar-refractivity contribution in [2.45, 2.75) is 50.6 Å². The topological polar surface area (TPSA) is 58.4 Å². The van der Waals surface area contributed by atoms with Crippen molar-refractivity contribution in [3.05, 3.63) is 35.9 Å². The van der Waals surface area contributed by atoms with E-state index >= 15 is 0 Å². The molecule has 3 unspecified atom stereocenters. The van der Waals surface area contributed by atoms with Crippen LogP contribution in [0.5, 0.6) is 0 Å². The van der Waals surface area contributed by atoms with Crippen LogP contribution < -0.4 is 11.1 Å². The van der Waals surface area contributed by atoms with Gasteiger partial charge in [0.05, 0.1) is 0 Å². The lowest BCUT2D eigenvalue weighted by Crippen LogP contribution is -2.58. The van der Waals surface area contributed by atoms with Crippen molar-refractivity contribution in [3.8, 4) is 0 Å². The number of halogens is 2. The maximum absolute atomic E-state index is 12.7. The van der Waals surface area contributed by atoms with Crippen LogP contribution in [0.15, 0.2) is 30.3 Å². The van der Waals surface area contributed by atoms with Gasteiger partial charge in [-0.05, 0) is 45.3 Å². The van der Waals surface area contributed by atoms with Crippen LogP contribution in [-0.2, 0) is 10.3 Å². The van der Waals surface area contributed by atoms with E-state index in [4.69, 9.17) is 5.73 Å². The molecular weight excluding hydrogens is 357 g/mol. The zero-order valence-corrected chi connectivity index (χ0v) is 17.4. The number of nitrogens with zero attached hydrogens (tertiary/aromatic N) is 1. The fourth-order valence-electron chi connectivity index (χ4n) is 3.70. The first-order chi connectivity index (χ1) is 10.8. The number of hydrogen-bond donors (Lipinski definition) is 2. The van der Waals surface area contributed by atoms with Crippen LogP contribution in [0.3, 0.4) is 0 Å². The molecule has 25 heavy (non-hydrogen) atoms. The molecule has 1 aliphatic carbocycles. The average molecular weight is 390 g/mol. The van der Waals surface area contributed by atoms with E-state index in [1.165, 1.54) is 12.8 Å². The van der Waals surface area contributed by atoms with Gasteiger partial charge in [0.2, 0.25) is 5.91 Å². The standard InChI is InChI=1S/C19H31N3O.2ClH/c1-15-9-8-12-19(13-15,22(3)4)14-21-17(23)18(2,20)16-10-6-5-7-11-16;;/h5-7,10-11,15H,8-9,12-14,20H2,1-4H3,(H,21,23);2*1H. The van der Waals surface area contributed by atoms with Gasteiger partial charge in [-0.25, -0.2) is 0 Å². The molecule has 1 fully saturated rings. The van der Waals surface area contributed by atoms with Crippen molar-refractivity contribution in [1.29, 1.82) is 0 Å². The molecule has 0 saturated heterocycles. The van der Waals surface area contributed by atoms with Gasteiger partial charge < -0.3 is 16.0 Å². The highest BCUT2D eigenvalue weighted by Gasteiger charge is 2.39. The maximum atomic E-state index is 12.7. The monoisotopic (exact) mass is 389 g/mol. The molecule has 1 saturated carbocycles. The van der Waals surface area contributed by atoms with Crippen LogP contribution in [0.4, 0.5) is 0 Å². The molecule has 0 aliphatic heterocycles. The van der Waals surface area contributed by atoms with Crippen LogP contribution >= 0.6 is 24.8 Å². The van der Waals surface area contributed by atoms with Crippen LogP contribution in [0.1, 0.15) is 45.1 Å². The number of rotatable bonds is 5. The predicted octanol–water partition coefficient (Wildman–Crippen LogP) is 3.33. The van der Waals surface area contributed by atoms with Crippen molar-refractivity contribution in [3.63, 3.8) is 0 Å². The lowest BCUT2D eigenvalue weighted by atomic mass is 9.75. The Kier molecular flexibility index (Phi) is 9.45. The number of amides is 1. The van der Waals surface area contributed by atoms with Gasteiger partial charge >= 0.3 is 0 Å². The lowest BCUT2D eigenvalue weighted by molar-refractivity contribution is -0.127. The molecule has 1 aliphatic rings. The number of benzene rings is 1. The molecule has 4 nitrogen and oxygen atoms in total. The fourth-order valence-corrected chi connectivity index (χ4v) is 3.70. The molecule has 6 heteroatoms. The molecule has 1 aromatic carbocycles. The summed E-state index contributed by atoms with van der Waals surface area (Å²) >= 11 is 0. The van der Waals surface area contributed by atoms with Gasteiger partial charge in [0.15, 0.2) is 0 Å². The second-order valence-corrected chi connectivity index (χ2v) is 7.57. The Labute approximate surface area is 164 Å². The first-order valence-electron chi connectivity index (χ1n) is 8.58. The van der Waals surface area contributed by atoms with Gasteiger partial charge in [0.1, 0.15) is 5.54 Å². The van der Waals surface area contributed by atoms with Crippen LogP contribution in [-0.4, -0.2) is 37.0 Å². The number of nitrogens with two attached hydrogens (primary N) is 1. The Hall–Kier alpha value is -0.810. The smallest absolute Gasteiger partial charge is 0.244 e. The molecule has 1 amide bonds. The second-order valence-electron chi connectivity index (χ2n) is 7.57. The second kappa shape index (κ2) is 9.77. The third-order valence-electron chi connectivity index (χ3n) is 5.44. The highest BCUT2D eigenvalue weighted by atomic mass is 35.5. The summed E-state index contributed by atoms with van der Waals surface area (Å²) in [4.78, 5) is 15.0. The first-order valence-corrected chi connectivity index (χ1v) is 8.58. The van der Waals surface area contributed by atoms with Crippen molar-refractivity contribution in [1.82, 2.24) is 10.2 Å². The zero-order chi connectivity index (χ0) is 17.1. The van der Waals surface area contributed by atoms with Gasteiger partial charge in [-0.1, -0.05) is 50.1 Å². The third kappa shape index (κ3) is 5.58. The van der Waals surface area contributed by atoms with E-state index in [9.17, 15) is 4.79 Å². The van der Waals surface area contributed by atoms with E-state index in [0.717, 1.165) is 18.4 Å². The SMILES string of the molecule is CC1CCCC(CNC(=O)C(C)(N)c2ccccc2)(N(C)C)C1.Cl.Cl. The van der Waals surface area contributed by atoms with Crippen molar-refractivity contribution in [2.75, 3.05) is 20.6 Å². The highest BCUT2D eigenvalue weighted by molar-refractivity contribution is 5.87. The van der Waals surface area contributed by atoms with E-state index in [2.05, 4.69) is 31.2 Å². The summed E-state index contributed by atoms with van der Waals surface area (Å²) < 4.78 is 0. The predicted molar refractivity (Wildman–Crippen MR) is 110 cm³/mol. The Bertz CT molecular complexity index is 537. The molecule has 0 bridgehead atoms. The number of hydrogen-bond acceptors (Lipinski definition) is 3. The molecule has 0 heterocycles. The fraction of sp³-hybridized carbons (Fsp3) is 0.632. The van der Waals surface area contributed by atoms with Crippen molar-refractivity contribution < 1.29 is 4.79 Å². The van der Waals surface area contributed by atoms with Gasteiger partial charge in [-0.2, -0.15) is 0 Å². The molecule has 0 aromatic heterocycles. The van der Waals surface area contributed by atoms with E-state index in [1.54, 1.807) is 6.92 Å². The van der Waals surface area contributed by atoms with E-state index in [0.29, 0.717) is 12.5 Å². The third-order valence-corrected chi connectivity index (χ3v) is 5.44. The van der Waals surface area contributed by atoms with E-state index < -0.39 is 5.54 Å². The summed E-state index contributed by atoms with van der Waals surface area (Å²) in [7, 11) is 4.23. The number of likely N-dealkylation sites (N-methyl/N-ethyl adjacent to an activating group) is 1. The van der Waals surface area contributed by atoms with Gasteiger partial charge in [0, 0.05) is 12.1 Å². The van der Waals surface area contributed by atoms with E-state index in [-0.39, 0.29) is 36.3 Å². The minimum Gasteiger partial charge on any atom is -0.352 e. The summed E-state index contributed by atoms with van der Waals surface area (Å²) in [5, 5.41) is 3.13. The van der Waals surface area contributed by atoms with E-state index in [1.807, 2.05) is 30.3 Å². The maximum Gasteiger partial charge on any atom is 0.244 e. The van der Waals surface area contributed by atoms with Crippen molar-refractivity contribution >= 4 is 30.7 Å². The number of carbonyl (C=O) groups is 1. The average Bonchev–Trinajstić information content (AvgIpc) is 2.53. The van der Waals surface area contributed by atoms with Crippen LogP contribution in [0, 0.1) is 5.92 Å². The van der Waals surface area contributed by atoms with Gasteiger partial charge in [0.25, 0.3) is 0 Å². The highest BCUT2D eigenvalue weighted by Crippen LogP contribution is 2.35. The van der Waals surface area contributed by atoms with Gasteiger partial charge in [-0.3, -0.25) is 4.79 Å². The molecule has 2 rings (SSSR count). The van der Waals surface area contributed by atoms with Crippen LogP contribution in [0.25, 0.3) is 0 Å². The summed E-state index contributed by atoms with van der Waals surface area (Å²) in [6.45, 7) is 4.74. The van der Waals surface area contributed by atoms with Crippen molar-refractivity contribution in [2.24, 2.45) is 11.7 Å².